The van der Waals surface area contributed by atoms with Gasteiger partial charge in [0.2, 0.25) is 0 Å². The highest BCUT2D eigenvalue weighted by Gasteiger charge is 2.39. The summed E-state index contributed by atoms with van der Waals surface area (Å²) in [6.45, 7) is 15.8. The van der Waals surface area contributed by atoms with Gasteiger partial charge in [0.1, 0.15) is 5.60 Å². The number of rotatable bonds is 10. The number of piperidine rings is 1. The van der Waals surface area contributed by atoms with Crippen molar-refractivity contribution in [3.8, 4) is 0 Å². The molecule has 1 aliphatic heterocycles. The molecule has 1 heterocycles. The number of amides is 1. The summed E-state index contributed by atoms with van der Waals surface area (Å²) in [5.41, 5.74) is -0.686. The minimum absolute atomic E-state index is 0. The van der Waals surface area contributed by atoms with E-state index >= 15 is 0 Å². The van der Waals surface area contributed by atoms with Crippen LogP contribution in [-0.4, -0.2) is 62.3 Å². The average molecular weight is 396 g/mol. The van der Waals surface area contributed by atoms with E-state index in [-0.39, 0.29) is 36.8 Å². The average Bonchev–Trinajstić information content (AvgIpc) is 2.55. The van der Waals surface area contributed by atoms with Crippen LogP contribution in [-0.2, 0) is 9.53 Å². The lowest BCUT2D eigenvalue weighted by atomic mass is 9.90. The molecule has 5 nitrogen and oxygen atoms in total. The molecule has 148 valence electrons. The minimum atomic E-state index is -0.686. The van der Waals surface area contributed by atoms with Crippen molar-refractivity contribution >= 4 is 30.7 Å². The lowest BCUT2D eigenvalue weighted by molar-refractivity contribution is -0.147. The summed E-state index contributed by atoms with van der Waals surface area (Å²) in [5, 5.41) is 6.39. The Labute approximate surface area is 165 Å². The van der Waals surface area contributed by atoms with E-state index in [1.165, 1.54) is 0 Å². The van der Waals surface area contributed by atoms with E-state index < -0.39 is 5.60 Å². The number of nitrogens with one attached hydrogen (secondary N) is 2. The van der Waals surface area contributed by atoms with Crippen LogP contribution < -0.4 is 10.6 Å². The molecule has 1 amide bonds. The zero-order chi connectivity index (χ0) is 17.3. The molecular formula is C18H35Cl2N3O2. The fraction of sp³-hybridized carbons (Fsp3) is 0.722. The Bertz CT molecular complexity index is 390. The molecule has 0 saturated carbocycles. The minimum Gasteiger partial charge on any atom is -0.368 e. The van der Waals surface area contributed by atoms with Gasteiger partial charge in [0.05, 0.1) is 0 Å². The van der Waals surface area contributed by atoms with E-state index in [1.807, 2.05) is 12.2 Å². The standard InChI is InChI=1S/C18H33N3O2.2ClH/c1-6-12-21(13-7-2)16(15(3)4)14-20-17(22)18(23-5)8-10-19-11-9-18;;/h6-7,15-16,19H,1-2,8-14H2,3-5H3,(H,20,22);2*1H. The predicted molar refractivity (Wildman–Crippen MR) is 110 cm³/mol. The van der Waals surface area contributed by atoms with E-state index in [0.29, 0.717) is 25.3 Å². The van der Waals surface area contributed by atoms with E-state index in [1.54, 1.807) is 7.11 Å². The highest BCUT2D eigenvalue weighted by molar-refractivity contribution is 5.86. The summed E-state index contributed by atoms with van der Waals surface area (Å²) >= 11 is 0. The van der Waals surface area contributed by atoms with Crippen LogP contribution >= 0.6 is 24.8 Å². The van der Waals surface area contributed by atoms with Gasteiger partial charge in [-0.3, -0.25) is 9.69 Å². The number of nitrogens with zero attached hydrogens (tertiary/aromatic N) is 1. The van der Waals surface area contributed by atoms with E-state index in [2.05, 4.69) is 42.5 Å². The second kappa shape index (κ2) is 13.6. The number of carbonyl (C=O) groups is 1. The first-order valence-corrected chi connectivity index (χ1v) is 8.50. The zero-order valence-electron chi connectivity index (χ0n) is 15.8. The molecule has 2 N–H and O–H groups in total. The Morgan fingerprint density at radius 1 is 1.24 bits per heavy atom. The van der Waals surface area contributed by atoms with E-state index in [0.717, 1.165) is 26.2 Å². The fourth-order valence-electron chi connectivity index (χ4n) is 3.18. The molecule has 0 spiro atoms. The van der Waals surface area contributed by atoms with Gasteiger partial charge >= 0.3 is 0 Å². The molecule has 0 aromatic rings. The van der Waals surface area contributed by atoms with Gasteiger partial charge in [0.15, 0.2) is 0 Å². The summed E-state index contributed by atoms with van der Waals surface area (Å²) in [7, 11) is 1.63. The van der Waals surface area contributed by atoms with Gasteiger partial charge < -0.3 is 15.4 Å². The van der Waals surface area contributed by atoms with Crippen molar-refractivity contribution < 1.29 is 9.53 Å². The largest absolute Gasteiger partial charge is 0.368 e. The van der Waals surface area contributed by atoms with Gasteiger partial charge in [-0.15, -0.1) is 38.0 Å². The van der Waals surface area contributed by atoms with Crippen molar-refractivity contribution in [2.45, 2.75) is 38.3 Å². The molecule has 1 unspecified atom stereocenters. The molecular weight excluding hydrogens is 361 g/mol. The van der Waals surface area contributed by atoms with Crippen LogP contribution in [0.1, 0.15) is 26.7 Å². The molecule has 7 heteroatoms. The summed E-state index contributed by atoms with van der Waals surface area (Å²) in [6, 6.07) is 0.241. The monoisotopic (exact) mass is 395 g/mol. The Morgan fingerprint density at radius 3 is 2.16 bits per heavy atom. The number of hydrogen-bond donors (Lipinski definition) is 2. The molecule has 1 aliphatic rings. The maximum atomic E-state index is 12.7. The van der Waals surface area contributed by atoms with Crippen LogP contribution in [0.15, 0.2) is 25.3 Å². The third-order valence-electron chi connectivity index (χ3n) is 4.65. The normalized spacial score (nSPS) is 17.2. The van der Waals surface area contributed by atoms with Crippen LogP contribution in [0.3, 0.4) is 0 Å². The number of methoxy groups -OCH3 is 1. The van der Waals surface area contributed by atoms with E-state index in [4.69, 9.17) is 4.74 Å². The maximum absolute atomic E-state index is 12.7. The van der Waals surface area contributed by atoms with Gasteiger partial charge in [-0.1, -0.05) is 26.0 Å². The first-order chi connectivity index (χ1) is 11.0. The molecule has 1 atom stereocenters. The first kappa shape index (κ1) is 26.6. The Morgan fingerprint density at radius 2 is 1.76 bits per heavy atom. The molecule has 1 rings (SSSR count). The fourth-order valence-corrected chi connectivity index (χ4v) is 3.18. The van der Waals surface area contributed by atoms with E-state index in [9.17, 15) is 4.79 Å². The predicted octanol–water partition coefficient (Wildman–Crippen LogP) is 2.41. The van der Waals surface area contributed by atoms with Crippen molar-refractivity contribution in [1.29, 1.82) is 0 Å². The highest BCUT2D eigenvalue weighted by Crippen LogP contribution is 2.22. The molecule has 0 aliphatic carbocycles. The molecule has 1 saturated heterocycles. The first-order valence-electron chi connectivity index (χ1n) is 8.50. The van der Waals surface area contributed by atoms with Gasteiger partial charge in [0, 0.05) is 32.8 Å². The van der Waals surface area contributed by atoms with Crippen LogP contribution in [0.25, 0.3) is 0 Å². The molecule has 1 fully saturated rings. The van der Waals surface area contributed by atoms with Crippen LogP contribution in [0.2, 0.25) is 0 Å². The summed E-state index contributed by atoms with van der Waals surface area (Å²) < 4.78 is 5.59. The molecule has 0 aromatic heterocycles. The molecule has 0 bridgehead atoms. The van der Waals surface area contributed by atoms with Crippen LogP contribution in [0.5, 0.6) is 0 Å². The Balaban J connectivity index is 0. The van der Waals surface area contributed by atoms with Gasteiger partial charge in [-0.25, -0.2) is 0 Å². The lowest BCUT2D eigenvalue weighted by Crippen LogP contribution is -2.56. The highest BCUT2D eigenvalue weighted by atomic mass is 35.5. The number of ether oxygens (including phenoxy) is 1. The van der Waals surface area contributed by atoms with Crippen molar-refractivity contribution in [2.24, 2.45) is 5.92 Å². The zero-order valence-corrected chi connectivity index (χ0v) is 17.4. The van der Waals surface area contributed by atoms with Crippen molar-refractivity contribution in [2.75, 3.05) is 39.8 Å². The molecule has 25 heavy (non-hydrogen) atoms. The SMILES string of the molecule is C=CCN(CC=C)C(CNC(=O)C1(OC)CCNCC1)C(C)C.Cl.Cl. The second-order valence-electron chi connectivity index (χ2n) is 6.50. The Kier molecular flexibility index (Phi) is 14.5. The Hall–Kier alpha value is -0.590. The lowest BCUT2D eigenvalue weighted by Gasteiger charge is -2.37. The quantitative estimate of drug-likeness (QED) is 0.557. The topological polar surface area (TPSA) is 53.6 Å². The van der Waals surface area contributed by atoms with Crippen molar-refractivity contribution in [3.05, 3.63) is 25.3 Å². The third kappa shape index (κ3) is 7.67. The van der Waals surface area contributed by atoms with Gasteiger partial charge in [0.25, 0.3) is 5.91 Å². The smallest absolute Gasteiger partial charge is 0.252 e. The summed E-state index contributed by atoms with van der Waals surface area (Å²) in [6.07, 6.45) is 5.21. The molecule has 0 radical (unpaired) electrons. The summed E-state index contributed by atoms with van der Waals surface area (Å²) in [5.74, 6) is 0.422. The third-order valence-corrected chi connectivity index (χ3v) is 4.65. The number of halogens is 2. The van der Waals surface area contributed by atoms with Gasteiger partial charge in [-0.2, -0.15) is 0 Å². The van der Waals surface area contributed by atoms with Crippen molar-refractivity contribution in [3.63, 3.8) is 0 Å². The van der Waals surface area contributed by atoms with Crippen LogP contribution in [0, 0.1) is 5.92 Å². The molecule has 0 aromatic carbocycles. The summed E-state index contributed by atoms with van der Waals surface area (Å²) in [4.78, 5) is 15.0. The second-order valence-corrected chi connectivity index (χ2v) is 6.50. The number of carbonyl (C=O) groups excluding carboxylic acids is 1. The van der Waals surface area contributed by atoms with Crippen LogP contribution in [0.4, 0.5) is 0 Å². The van der Waals surface area contributed by atoms with Gasteiger partial charge in [-0.05, 0) is 31.8 Å². The maximum Gasteiger partial charge on any atom is 0.252 e. The van der Waals surface area contributed by atoms with Crippen molar-refractivity contribution in [1.82, 2.24) is 15.5 Å². The number of hydrogen-bond acceptors (Lipinski definition) is 4.